The van der Waals surface area contributed by atoms with Gasteiger partial charge < -0.3 is 10.1 Å². The lowest BCUT2D eigenvalue weighted by Crippen LogP contribution is -2.21. The largest absolute Gasteiger partial charge is 0.452 e. The molecule has 0 aromatic heterocycles. The Hall–Kier alpha value is -2.60. The summed E-state index contributed by atoms with van der Waals surface area (Å²) >= 11 is 8.14. The number of halogens is 2. The van der Waals surface area contributed by atoms with E-state index in [1.165, 1.54) is 11.8 Å². The molecule has 8 heteroatoms. The number of esters is 1. The van der Waals surface area contributed by atoms with E-state index in [4.69, 9.17) is 4.74 Å². The molecule has 0 aliphatic rings. The molecule has 0 saturated heterocycles. The van der Waals surface area contributed by atoms with E-state index in [1.54, 1.807) is 36.4 Å². The molecular formula is C23H16Br2N2O3S. The van der Waals surface area contributed by atoms with Crippen molar-refractivity contribution in [3.8, 4) is 6.07 Å². The maximum Gasteiger partial charge on any atom is 0.339 e. The topological polar surface area (TPSA) is 79.2 Å². The molecule has 5 nitrogen and oxygen atoms in total. The van der Waals surface area contributed by atoms with Gasteiger partial charge in [-0.2, -0.15) is 5.26 Å². The average Bonchev–Trinajstić information content (AvgIpc) is 2.75. The first kappa shape index (κ1) is 23.1. The molecule has 0 aliphatic carbocycles. The lowest BCUT2D eigenvalue weighted by atomic mass is 10.2. The van der Waals surface area contributed by atoms with E-state index in [9.17, 15) is 14.9 Å². The van der Waals surface area contributed by atoms with Gasteiger partial charge in [-0.1, -0.05) is 36.0 Å². The molecule has 0 atom stereocenters. The molecule has 0 spiro atoms. The highest BCUT2D eigenvalue weighted by Gasteiger charge is 2.17. The van der Waals surface area contributed by atoms with E-state index in [0.717, 1.165) is 19.4 Å². The van der Waals surface area contributed by atoms with Gasteiger partial charge in [0.25, 0.3) is 5.91 Å². The Morgan fingerprint density at radius 2 is 1.65 bits per heavy atom. The number of hydrogen-bond donors (Lipinski definition) is 1. The van der Waals surface area contributed by atoms with Crippen LogP contribution >= 0.6 is 43.6 Å². The number of nitrogens with one attached hydrogen (secondary N) is 1. The number of rotatable bonds is 6. The Kier molecular flexibility index (Phi) is 7.91. The van der Waals surface area contributed by atoms with Gasteiger partial charge in [0, 0.05) is 18.7 Å². The Morgan fingerprint density at radius 3 is 2.32 bits per heavy atom. The van der Waals surface area contributed by atoms with Gasteiger partial charge in [-0.15, -0.1) is 0 Å². The van der Waals surface area contributed by atoms with Gasteiger partial charge in [0.2, 0.25) is 0 Å². The number of amides is 1. The van der Waals surface area contributed by atoms with Crippen molar-refractivity contribution in [3.63, 3.8) is 0 Å². The molecule has 156 valence electrons. The predicted molar refractivity (Wildman–Crippen MR) is 127 cm³/mol. The number of ether oxygens (including phenoxy) is 1. The van der Waals surface area contributed by atoms with Crippen molar-refractivity contribution in [2.24, 2.45) is 0 Å². The zero-order chi connectivity index (χ0) is 22.4. The molecule has 31 heavy (non-hydrogen) atoms. The third-order valence-electron chi connectivity index (χ3n) is 4.12. The molecule has 3 aromatic rings. The summed E-state index contributed by atoms with van der Waals surface area (Å²) in [4.78, 5) is 26.3. The van der Waals surface area contributed by atoms with E-state index in [2.05, 4.69) is 43.2 Å². The zero-order valence-electron chi connectivity index (χ0n) is 16.3. The summed E-state index contributed by atoms with van der Waals surface area (Å²) in [5.41, 5.74) is 2.43. The van der Waals surface area contributed by atoms with E-state index in [1.807, 2.05) is 31.2 Å². The van der Waals surface area contributed by atoms with Crippen LogP contribution in [-0.4, -0.2) is 18.5 Å². The fourth-order valence-electron chi connectivity index (χ4n) is 2.69. The van der Waals surface area contributed by atoms with Crippen molar-refractivity contribution in [1.82, 2.24) is 0 Å². The van der Waals surface area contributed by atoms with Gasteiger partial charge >= 0.3 is 5.97 Å². The smallest absolute Gasteiger partial charge is 0.339 e. The third-order valence-corrected chi connectivity index (χ3v) is 6.52. The number of nitrogens with zero attached hydrogens (tertiary/aromatic N) is 1. The van der Waals surface area contributed by atoms with Crippen LogP contribution in [0.2, 0.25) is 0 Å². The summed E-state index contributed by atoms with van der Waals surface area (Å²) in [6.07, 6.45) is 0. The Morgan fingerprint density at radius 1 is 1.03 bits per heavy atom. The van der Waals surface area contributed by atoms with Gasteiger partial charge in [0.1, 0.15) is 6.07 Å². The number of aryl methyl sites for hydroxylation is 1. The minimum Gasteiger partial charge on any atom is -0.452 e. The van der Waals surface area contributed by atoms with E-state index in [-0.39, 0.29) is 0 Å². The van der Waals surface area contributed by atoms with E-state index < -0.39 is 18.5 Å². The molecule has 0 bridgehead atoms. The summed E-state index contributed by atoms with van der Waals surface area (Å²) in [6.45, 7) is 1.51. The van der Waals surface area contributed by atoms with Crippen LogP contribution in [0.1, 0.15) is 21.5 Å². The maximum absolute atomic E-state index is 12.6. The van der Waals surface area contributed by atoms with Crippen molar-refractivity contribution >= 4 is 61.2 Å². The number of nitriles is 1. The standard InChI is InChI=1S/C23H16Br2N2O3S/c1-14-10-17(24)22(18(25)11-14)27-21(28)13-30-23(29)16-7-3-5-9-20(16)31-19-8-4-2-6-15(19)12-26/h2-11H,13H2,1H3,(H,27,28). The van der Waals surface area contributed by atoms with Gasteiger partial charge in [-0.05, 0) is 80.7 Å². The predicted octanol–water partition coefficient (Wildman–Crippen LogP) is 6.34. The normalized spacial score (nSPS) is 10.3. The molecule has 3 rings (SSSR count). The minimum atomic E-state index is -0.616. The van der Waals surface area contributed by atoms with Crippen LogP contribution in [0.4, 0.5) is 5.69 Å². The SMILES string of the molecule is Cc1cc(Br)c(NC(=O)COC(=O)c2ccccc2Sc2ccccc2C#N)c(Br)c1. The Bertz CT molecular complexity index is 1170. The van der Waals surface area contributed by atoms with Gasteiger partial charge in [0.05, 0.1) is 16.8 Å². The zero-order valence-corrected chi connectivity index (χ0v) is 20.3. The minimum absolute atomic E-state index is 0.325. The Labute approximate surface area is 201 Å². The van der Waals surface area contributed by atoms with E-state index >= 15 is 0 Å². The van der Waals surface area contributed by atoms with Crippen molar-refractivity contribution in [2.45, 2.75) is 16.7 Å². The first-order valence-electron chi connectivity index (χ1n) is 9.07. The number of carbonyl (C=O) groups excluding carboxylic acids is 2. The second-order valence-electron chi connectivity index (χ2n) is 6.43. The highest BCUT2D eigenvalue weighted by Crippen LogP contribution is 2.33. The number of anilines is 1. The molecule has 0 fully saturated rings. The molecule has 1 amide bonds. The first-order valence-corrected chi connectivity index (χ1v) is 11.5. The molecule has 0 unspecified atom stereocenters. The van der Waals surface area contributed by atoms with Crippen LogP contribution in [0.5, 0.6) is 0 Å². The Balaban J connectivity index is 1.69. The highest BCUT2D eigenvalue weighted by atomic mass is 79.9. The number of carbonyl (C=O) groups is 2. The quantitative estimate of drug-likeness (QED) is 0.356. The third kappa shape index (κ3) is 5.97. The number of benzene rings is 3. The molecule has 1 N–H and O–H groups in total. The molecule has 0 aliphatic heterocycles. The van der Waals surface area contributed by atoms with E-state index in [0.29, 0.717) is 21.7 Å². The maximum atomic E-state index is 12.6. The molecule has 0 saturated carbocycles. The summed E-state index contributed by atoms with van der Waals surface area (Å²) in [5.74, 6) is -1.08. The van der Waals surface area contributed by atoms with Gasteiger partial charge in [-0.25, -0.2) is 4.79 Å². The number of hydrogen-bond acceptors (Lipinski definition) is 5. The second kappa shape index (κ2) is 10.6. The molecule has 0 heterocycles. The highest BCUT2D eigenvalue weighted by molar-refractivity contribution is 9.11. The fraction of sp³-hybridized carbons (Fsp3) is 0.0870. The van der Waals surface area contributed by atoms with Crippen molar-refractivity contribution in [1.29, 1.82) is 5.26 Å². The van der Waals surface area contributed by atoms with Crippen LogP contribution in [0.3, 0.4) is 0 Å². The second-order valence-corrected chi connectivity index (χ2v) is 9.23. The summed E-state index contributed by atoms with van der Waals surface area (Å²) in [6, 6.07) is 20.0. The molecule has 0 radical (unpaired) electrons. The van der Waals surface area contributed by atoms with Crippen LogP contribution in [0.15, 0.2) is 79.4 Å². The molecule has 3 aromatic carbocycles. The van der Waals surface area contributed by atoms with Crippen LogP contribution in [-0.2, 0) is 9.53 Å². The van der Waals surface area contributed by atoms with Gasteiger partial charge in [-0.3, -0.25) is 4.79 Å². The van der Waals surface area contributed by atoms with Crippen molar-refractivity contribution in [3.05, 3.63) is 86.3 Å². The first-order chi connectivity index (χ1) is 14.9. The average molecular weight is 560 g/mol. The summed E-state index contributed by atoms with van der Waals surface area (Å²) in [5, 5.41) is 12.0. The summed E-state index contributed by atoms with van der Waals surface area (Å²) in [7, 11) is 0. The van der Waals surface area contributed by atoms with Crippen LogP contribution < -0.4 is 5.32 Å². The monoisotopic (exact) mass is 558 g/mol. The van der Waals surface area contributed by atoms with Gasteiger partial charge in [0.15, 0.2) is 6.61 Å². The lowest BCUT2D eigenvalue weighted by Gasteiger charge is -2.12. The summed E-state index contributed by atoms with van der Waals surface area (Å²) < 4.78 is 6.68. The van der Waals surface area contributed by atoms with Crippen molar-refractivity contribution in [2.75, 3.05) is 11.9 Å². The van der Waals surface area contributed by atoms with Crippen LogP contribution in [0, 0.1) is 18.3 Å². The molecular weight excluding hydrogens is 544 g/mol. The van der Waals surface area contributed by atoms with Crippen molar-refractivity contribution < 1.29 is 14.3 Å². The lowest BCUT2D eigenvalue weighted by molar-refractivity contribution is -0.119. The fourth-order valence-corrected chi connectivity index (χ4v) is 5.32. The van der Waals surface area contributed by atoms with Crippen LogP contribution in [0.25, 0.3) is 0 Å².